The van der Waals surface area contributed by atoms with Gasteiger partial charge in [-0.3, -0.25) is 14.4 Å². The number of nitrogens with zero attached hydrogens (tertiary/aromatic N) is 2. The summed E-state index contributed by atoms with van der Waals surface area (Å²) in [6, 6.07) is 9.50. The fourth-order valence-corrected chi connectivity index (χ4v) is 8.55. The summed E-state index contributed by atoms with van der Waals surface area (Å²) >= 11 is 1.58. The molecule has 1 aromatic carbocycles. The van der Waals surface area contributed by atoms with Gasteiger partial charge in [0.25, 0.3) is 11.5 Å². The SMILES string of the molecule is CCc1ccc2c(c1)C(NC[C@@H](O)[C@H](Cc1ccsc1)NC(=O)c1cc(N3CCCC3=O)c(=O)n(C3CCCC3)c1)CC1(CCC1)O2. The number of nitrogens with one attached hydrogen (secondary N) is 2. The smallest absolute Gasteiger partial charge is 0.274 e. The number of rotatable bonds is 11. The number of aryl methyl sites for hydroxylation is 1. The van der Waals surface area contributed by atoms with E-state index in [1.54, 1.807) is 28.2 Å². The van der Waals surface area contributed by atoms with Crippen LogP contribution in [0.15, 0.2) is 52.1 Å². The molecule has 1 unspecified atom stereocenters. The molecule has 2 saturated carbocycles. The first-order valence-electron chi connectivity index (χ1n) is 17.4. The largest absolute Gasteiger partial charge is 0.487 e. The Balaban J connectivity index is 1.13. The van der Waals surface area contributed by atoms with Crippen molar-refractivity contribution in [3.63, 3.8) is 0 Å². The zero-order valence-electron chi connectivity index (χ0n) is 27.2. The van der Waals surface area contributed by atoms with Crippen molar-refractivity contribution < 1.29 is 19.4 Å². The molecule has 2 aliphatic carbocycles. The van der Waals surface area contributed by atoms with E-state index >= 15 is 0 Å². The summed E-state index contributed by atoms with van der Waals surface area (Å²) in [5.41, 5.74) is 3.67. The molecule has 2 aromatic heterocycles. The molecule has 47 heavy (non-hydrogen) atoms. The third kappa shape index (κ3) is 6.65. The Labute approximate surface area is 280 Å². The van der Waals surface area contributed by atoms with Crippen molar-refractivity contribution >= 4 is 28.8 Å². The molecule has 0 radical (unpaired) electrons. The lowest BCUT2D eigenvalue weighted by Crippen LogP contribution is -2.52. The molecular formula is C37H46N4O5S. The minimum absolute atomic E-state index is 0.0117. The number of hydrogen-bond acceptors (Lipinski definition) is 7. The van der Waals surface area contributed by atoms with Crippen LogP contribution in [0.25, 0.3) is 0 Å². The van der Waals surface area contributed by atoms with Crippen molar-refractivity contribution in [2.45, 2.75) is 114 Å². The number of aliphatic hydroxyl groups is 1. The number of amides is 2. The van der Waals surface area contributed by atoms with Gasteiger partial charge in [0.2, 0.25) is 5.91 Å². The van der Waals surface area contributed by atoms with Crippen LogP contribution >= 0.6 is 11.3 Å². The second-order valence-corrected chi connectivity index (χ2v) is 14.7. The number of aromatic nitrogens is 1. The van der Waals surface area contributed by atoms with Gasteiger partial charge in [0.1, 0.15) is 17.0 Å². The molecule has 3 aromatic rings. The molecule has 1 saturated heterocycles. The number of anilines is 1. The van der Waals surface area contributed by atoms with E-state index in [1.807, 2.05) is 16.8 Å². The zero-order chi connectivity index (χ0) is 32.5. The first-order valence-corrected chi connectivity index (χ1v) is 18.4. The van der Waals surface area contributed by atoms with Gasteiger partial charge in [0.05, 0.1) is 17.7 Å². The predicted molar refractivity (Wildman–Crippen MR) is 183 cm³/mol. The number of carbonyl (C=O) groups excluding carboxylic acids is 2. The molecule has 3 atom stereocenters. The third-order valence-corrected chi connectivity index (χ3v) is 11.5. The highest BCUT2D eigenvalue weighted by atomic mass is 32.1. The summed E-state index contributed by atoms with van der Waals surface area (Å²) in [6.45, 7) is 2.92. The fraction of sp³-hybridized carbons (Fsp3) is 0.541. The number of ether oxygens (including phenoxy) is 1. The lowest BCUT2D eigenvalue weighted by molar-refractivity contribution is -0.117. The van der Waals surface area contributed by atoms with Crippen LogP contribution in [0.1, 0.15) is 110 Å². The van der Waals surface area contributed by atoms with E-state index < -0.39 is 12.1 Å². The Bertz CT molecular complexity index is 1660. The molecule has 1 spiro atoms. The van der Waals surface area contributed by atoms with Gasteiger partial charge >= 0.3 is 0 Å². The number of fused-ring (bicyclic) bond motifs is 1. The first-order chi connectivity index (χ1) is 22.8. The van der Waals surface area contributed by atoms with E-state index in [1.165, 1.54) is 10.5 Å². The number of carbonyl (C=O) groups is 2. The summed E-state index contributed by atoms with van der Waals surface area (Å²) in [4.78, 5) is 41.9. The van der Waals surface area contributed by atoms with Crippen LogP contribution in [-0.2, 0) is 17.6 Å². The van der Waals surface area contributed by atoms with Gasteiger partial charge in [0, 0.05) is 49.8 Å². The highest BCUT2D eigenvalue weighted by molar-refractivity contribution is 7.07. The van der Waals surface area contributed by atoms with Crippen LogP contribution in [0.5, 0.6) is 5.75 Å². The number of thiophene rings is 1. The summed E-state index contributed by atoms with van der Waals surface area (Å²) in [6.07, 6.45) is 11.2. The monoisotopic (exact) mass is 658 g/mol. The van der Waals surface area contributed by atoms with E-state index in [4.69, 9.17) is 4.74 Å². The molecule has 4 heterocycles. The van der Waals surface area contributed by atoms with Crippen molar-refractivity contribution in [2.24, 2.45) is 0 Å². The van der Waals surface area contributed by atoms with Crippen molar-refractivity contribution in [1.82, 2.24) is 15.2 Å². The van der Waals surface area contributed by atoms with Gasteiger partial charge < -0.3 is 29.9 Å². The highest BCUT2D eigenvalue weighted by Gasteiger charge is 2.45. The average molecular weight is 659 g/mol. The Morgan fingerprint density at radius 1 is 1.11 bits per heavy atom. The highest BCUT2D eigenvalue weighted by Crippen LogP contribution is 2.49. The van der Waals surface area contributed by atoms with E-state index in [9.17, 15) is 19.5 Å². The van der Waals surface area contributed by atoms with Crippen molar-refractivity contribution in [3.8, 4) is 5.75 Å². The summed E-state index contributed by atoms with van der Waals surface area (Å²) < 4.78 is 8.19. The van der Waals surface area contributed by atoms with Gasteiger partial charge in [-0.15, -0.1) is 0 Å². The van der Waals surface area contributed by atoms with E-state index in [0.29, 0.717) is 37.9 Å². The minimum atomic E-state index is -0.878. The Morgan fingerprint density at radius 3 is 2.62 bits per heavy atom. The van der Waals surface area contributed by atoms with E-state index in [0.717, 1.165) is 74.7 Å². The van der Waals surface area contributed by atoms with Gasteiger partial charge in [-0.05, 0) is 91.5 Å². The fourth-order valence-electron chi connectivity index (χ4n) is 7.86. The predicted octanol–water partition coefficient (Wildman–Crippen LogP) is 5.45. The zero-order valence-corrected chi connectivity index (χ0v) is 28.0. The Hall–Kier alpha value is -3.47. The summed E-state index contributed by atoms with van der Waals surface area (Å²) in [7, 11) is 0. The van der Waals surface area contributed by atoms with Crippen molar-refractivity contribution in [3.05, 3.63) is 79.9 Å². The summed E-state index contributed by atoms with van der Waals surface area (Å²) in [5, 5.41) is 22.5. The van der Waals surface area contributed by atoms with E-state index in [2.05, 4.69) is 35.8 Å². The van der Waals surface area contributed by atoms with Crippen molar-refractivity contribution in [2.75, 3.05) is 18.0 Å². The molecule has 250 valence electrons. The molecule has 3 N–H and O–H groups in total. The maximum Gasteiger partial charge on any atom is 0.274 e. The van der Waals surface area contributed by atoms with Crippen LogP contribution in [0.2, 0.25) is 0 Å². The maximum atomic E-state index is 14.0. The van der Waals surface area contributed by atoms with Crippen LogP contribution in [0.4, 0.5) is 5.69 Å². The lowest BCUT2D eigenvalue weighted by atomic mass is 9.72. The minimum Gasteiger partial charge on any atom is -0.487 e. The molecule has 2 amide bonds. The number of aliphatic hydroxyl groups excluding tert-OH is 1. The number of pyridine rings is 1. The molecule has 2 aliphatic heterocycles. The number of hydrogen-bond donors (Lipinski definition) is 3. The molecule has 10 heteroatoms. The van der Waals surface area contributed by atoms with Gasteiger partial charge in [-0.25, -0.2) is 0 Å². The lowest BCUT2D eigenvalue weighted by Gasteiger charge is -2.48. The third-order valence-electron chi connectivity index (χ3n) is 10.8. The average Bonchev–Trinajstić information content (AvgIpc) is 3.86. The van der Waals surface area contributed by atoms with Crippen LogP contribution < -0.4 is 25.8 Å². The second-order valence-electron chi connectivity index (χ2n) is 13.9. The van der Waals surface area contributed by atoms with Crippen LogP contribution in [0.3, 0.4) is 0 Å². The molecule has 4 aliphatic rings. The van der Waals surface area contributed by atoms with E-state index in [-0.39, 0.29) is 40.7 Å². The molecule has 9 nitrogen and oxygen atoms in total. The Kier molecular flexibility index (Phi) is 9.26. The first kappa shape index (κ1) is 32.1. The topological polar surface area (TPSA) is 113 Å². The van der Waals surface area contributed by atoms with Crippen LogP contribution in [0, 0.1) is 0 Å². The molecule has 3 fully saturated rings. The second kappa shape index (κ2) is 13.6. The van der Waals surface area contributed by atoms with Gasteiger partial charge in [-0.1, -0.05) is 31.9 Å². The quantitative estimate of drug-likeness (QED) is 0.253. The van der Waals surface area contributed by atoms with Gasteiger partial charge in [0.15, 0.2) is 0 Å². The normalized spacial score (nSPS) is 21.7. The Morgan fingerprint density at radius 2 is 1.94 bits per heavy atom. The summed E-state index contributed by atoms with van der Waals surface area (Å²) in [5.74, 6) is 0.480. The molecule has 0 bridgehead atoms. The standard InChI is InChI=1S/C37H46N4O5S/c1-2-24-10-11-33-28(17-24)30(20-37(46-33)13-6-14-37)38-21-32(42)29(18-25-12-16-47-23-25)39-35(44)26-19-31(40-15-5-9-34(40)43)36(45)41(22-26)27-7-3-4-8-27/h10-12,16-17,19,22-23,27,29-30,32,38,42H,2-9,13-15,18,20-21H2,1H3,(H,39,44)/t29-,30?,32+/m0/s1. The molecular weight excluding hydrogens is 612 g/mol. The van der Waals surface area contributed by atoms with Crippen molar-refractivity contribution in [1.29, 1.82) is 0 Å². The molecule has 7 rings (SSSR count). The maximum absolute atomic E-state index is 14.0. The van der Waals surface area contributed by atoms with Crippen LogP contribution in [-0.4, -0.2) is 52.3 Å². The number of benzene rings is 1. The van der Waals surface area contributed by atoms with Gasteiger partial charge in [-0.2, -0.15) is 11.3 Å².